The first-order valence-electron chi connectivity index (χ1n) is 10.5. The SMILES string of the molecule is COc1cc(/C=C2\C(=O)N(c3ccc(Cl)c(C(=O)O)c3)N=C2C)cc(Br)c1OCc1ccccc1. The Morgan fingerprint density at radius 2 is 1.91 bits per heavy atom. The van der Waals surface area contributed by atoms with Crippen molar-refractivity contribution >= 4 is 56.9 Å². The molecule has 178 valence electrons. The molecular weight excluding hydrogens is 536 g/mol. The molecule has 7 nitrogen and oxygen atoms in total. The highest BCUT2D eigenvalue weighted by atomic mass is 79.9. The predicted octanol–water partition coefficient (Wildman–Crippen LogP) is 6.19. The fourth-order valence-electron chi connectivity index (χ4n) is 3.53. The van der Waals surface area contributed by atoms with E-state index in [2.05, 4.69) is 21.0 Å². The van der Waals surface area contributed by atoms with Gasteiger partial charge < -0.3 is 14.6 Å². The zero-order valence-electron chi connectivity index (χ0n) is 18.8. The standard InChI is InChI=1S/C26H20BrClN2O5/c1-15-19(25(31)30(29-15)18-8-9-22(28)20(13-18)26(32)33)10-17-11-21(27)24(23(12-17)34-2)35-14-16-6-4-3-5-7-16/h3-13H,14H2,1-2H3,(H,32,33)/b19-10-. The highest BCUT2D eigenvalue weighted by Gasteiger charge is 2.29. The van der Waals surface area contributed by atoms with Crippen LogP contribution in [-0.2, 0) is 11.4 Å². The number of hydrazone groups is 1. The van der Waals surface area contributed by atoms with Crippen LogP contribution < -0.4 is 14.5 Å². The van der Waals surface area contributed by atoms with Crippen molar-refractivity contribution in [1.82, 2.24) is 0 Å². The summed E-state index contributed by atoms with van der Waals surface area (Å²) in [5.74, 6) is -0.527. The first-order chi connectivity index (χ1) is 16.8. The maximum absolute atomic E-state index is 13.1. The monoisotopic (exact) mass is 554 g/mol. The van der Waals surface area contributed by atoms with Gasteiger partial charge in [0.1, 0.15) is 6.61 Å². The Balaban J connectivity index is 1.61. The van der Waals surface area contributed by atoms with Crippen LogP contribution in [0.15, 0.2) is 75.8 Å². The van der Waals surface area contributed by atoms with Crippen LogP contribution in [0, 0.1) is 0 Å². The van der Waals surface area contributed by atoms with E-state index in [0.29, 0.717) is 45.1 Å². The molecule has 9 heteroatoms. The molecule has 0 saturated carbocycles. The number of benzene rings is 3. The van der Waals surface area contributed by atoms with Crippen LogP contribution in [0.2, 0.25) is 5.02 Å². The number of ether oxygens (including phenoxy) is 2. The maximum Gasteiger partial charge on any atom is 0.337 e. The van der Waals surface area contributed by atoms with Gasteiger partial charge in [0.25, 0.3) is 5.91 Å². The summed E-state index contributed by atoms with van der Waals surface area (Å²) in [6.45, 7) is 2.08. The second kappa shape index (κ2) is 10.3. The smallest absolute Gasteiger partial charge is 0.337 e. The van der Waals surface area contributed by atoms with Crippen LogP contribution in [-0.4, -0.2) is 29.8 Å². The highest BCUT2D eigenvalue weighted by Crippen LogP contribution is 2.38. The molecule has 3 aromatic carbocycles. The predicted molar refractivity (Wildman–Crippen MR) is 138 cm³/mol. The summed E-state index contributed by atoms with van der Waals surface area (Å²) in [5.41, 5.74) is 2.77. The molecule has 0 saturated heterocycles. The van der Waals surface area contributed by atoms with E-state index in [4.69, 9.17) is 21.1 Å². The molecule has 1 heterocycles. The summed E-state index contributed by atoms with van der Waals surface area (Å²) >= 11 is 9.50. The quantitative estimate of drug-likeness (QED) is 0.351. The fourth-order valence-corrected chi connectivity index (χ4v) is 4.30. The summed E-state index contributed by atoms with van der Waals surface area (Å²) in [5, 5.41) is 14.9. The summed E-state index contributed by atoms with van der Waals surface area (Å²) in [6, 6.07) is 17.7. The number of carbonyl (C=O) groups excluding carboxylic acids is 1. The minimum Gasteiger partial charge on any atom is -0.493 e. The van der Waals surface area contributed by atoms with Crippen LogP contribution in [0.5, 0.6) is 11.5 Å². The van der Waals surface area contributed by atoms with E-state index in [1.807, 2.05) is 36.4 Å². The highest BCUT2D eigenvalue weighted by molar-refractivity contribution is 9.10. The zero-order valence-corrected chi connectivity index (χ0v) is 21.1. The number of carboxylic acids is 1. The van der Waals surface area contributed by atoms with Crippen LogP contribution in [0.25, 0.3) is 6.08 Å². The minimum atomic E-state index is -1.19. The summed E-state index contributed by atoms with van der Waals surface area (Å²) in [7, 11) is 1.55. The van der Waals surface area contributed by atoms with Gasteiger partial charge in [0.2, 0.25) is 0 Å². The Morgan fingerprint density at radius 1 is 1.17 bits per heavy atom. The van der Waals surface area contributed by atoms with Crippen molar-refractivity contribution in [3.8, 4) is 11.5 Å². The second-order valence-corrected chi connectivity index (χ2v) is 8.90. The molecule has 0 aliphatic carbocycles. The number of hydrogen-bond donors (Lipinski definition) is 1. The number of anilines is 1. The molecule has 0 radical (unpaired) electrons. The number of hydrogen-bond acceptors (Lipinski definition) is 5. The molecular formula is C26H20BrClN2O5. The van der Waals surface area contributed by atoms with Crippen LogP contribution in [0.4, 0.5) is 5.69 Å². The number of rotatable bonds is 7. The van der Waals surface area contributed by atoms with Gasteiger partial charge in [-0.3, -0.25) is 4.79 Å². The number of carboxylic acid groups (broad SMARTS) is 1. The zero-order chi connectivity index (χ0) is 25.1. The lowest BCUT2D eigenvalue weighted by Gasteiger charge is -2.14. The third-order valence-electron chi connectivity index (χ3n) is 5.28. The lowest BCUT2D eigenvalue weighted by atomic mass is 10.1. The molecule has 35 heavy (non-hydrogen) atoms. The third kappa shape index (κ3) is 5.23. The largest absolute Gasteiger partial charge is 0.493 e. The van der Waals surface area contributed by atoms with E-state index in [1.54, 1.807) is 32.2 Å². The molecule has 3 aromatic rings. The molecule has 0 aromatic heterocycles. The lowest BCUT2D eigenvalue weighted by Crippen LogP contribution is -2.21. The van der Waals surface area contributed by atoms with E-state index in [-0.39, 0.29) is 16.5 Å². The molecule has 1 aliphatic rings. The van der Waals surface area contributed by atoms with Crippen molar-refractivity contribution in [2.45, 2.75) is 13.5 Å². The topological polar surface area (TPSA) is 88.4 Å². The second-order valence-electron chi connectivity index (χ2n) is 7.64. The molecule has 1 amide bonds. The average molecular weight is 556 g/mol. The normalized spacial score (nSPS) is 14.3. The van der Waals surface area contributed by atoms with Crippen molar-refractivity contribution in [2.75, 3.05) is 12.1 Å². The van der Waals surface area contributed by atoms with E-state index >= 15 is 0 Å². The third-order valence-corrected chi connectivity index (χ3v) is 6.19. The van der Waals surface area contributed by atoms with Crippen molar-refractivity contribution in [3.63, 3.8) is 0 Å². The van der Waals surface area contributed by atoms with Crippen molar-refractivity contribution in [2.24, 2.45) is 5.10 Å². The van der Waals surface area contributed by atoms with Gasteiger partial charge in [-0.05, 0) is 70.4 Å². The molecule has 0 spiro atoms. The Hall–Kier alpha value is -3.62. The summed E-state index contributed by atoms with van der Waals surface area (Å²) in [4.78, 5) is 24.6. The van der Waals surface area contributed by atoms with Gasteiger partial charge in [0.05, 0.1) is 39.1 Å². The minimum absolute atomic E-state index is 0.0795. The molecule has 0 fully saturated rings. The number of halogens is 2. The maximum atomic E-state index is 13.1. The Kier molecular flexibility index (Phi) is 7.23. The van der Waals surface area contributed by atoms with Crippen molar-refractivity contribution < 1.29 is 24.2 Å². The molecule has 1 N–H and O–H groups in total. The number of carbonyl (C=O) groups is 2. The fraction of sp³-hybridized carbons (Fsp3) is 0.115. The van der Waals surface area contributed by atoms with Gasteiger partial charge in [0, 0.05) is 0 Å². The molecule has 1 aliphatic heterocycles. The van der Waals surface area contributed by atoms with E-state index in [9.17, 15) is 14.7 Å². The van der Waals surface area contributed by atoms with E-state index in [1.165, 1.54) is 12.1 Å². The molecule has 0 atom stereocenters. The first kappa shape index (κ1) is 24.5. The van der Waals surface area contributed by atoms with Gasteiger partial charge in [-0.15, -0.1) is 0 Å². The lowest BCUT2D eigenvalue weighted by molar-refractivity contribution is -0.114. The summed E-state index contributed by atoms with van der Waals surface area (Å²) < 4.78 is 12.2. The summed E-state index contributed by atoms with van der Waals surface area (Å²) in [6.07, 6.45) is 1.70. The van der Waals surface area contributed by atoms with E-state index in [0.717, 1.165) is 10.6 Å². The molecule has 4 rings (SSSR count). The van der Waals surface area contributed by atoms with Gasteiger partial charge in [-0.25, -0.2) is 4.79 Å². The first-order valence-corrected chi connectivity index (χ1v) is 11.6. The number of aromatic carboxylic acids is 1. The Bertz CT molecular complexity index is 1370. The number of nitrogens with zero attached hydrogens (tertiary/aromatic N) is 2. The van der Waals surface area contributed by atoms with Crippen LogP contribution in [0.1, 0.15) is 28.4 Å². The van der Waals surface area contributed by atoms with Crippen molar-refractivity contribution in [1.29, 1.82) is 0 Å². The van der Waals surface area contributed by atoms with Gasteiger partial charge in [-0.2, -0.15) is 10.1 Å². The van der Waals surface area contributed by atoms with E-state index < -0.39 is 5.97 Å². The number of methoxy groups -OCH3 is 1. The Labute approximate surface area is 215 Å². The van der Waals surface area contributed by atoms with Gasteiger partial charge in [0.15, 0.2) is 11.5 Å². The molecule has 0 bridgehead atoms. The van der Waals surface area contributed by atoms with Crippen LogP contribution in [0.3, 0.4) is 0 Å². The van der Waals surface area contributed by atoms with Gasteiger partial charge in [-0.1, -0.05) is 41.9 Å². The number of amides is 1. The van der Waals surface area contributed by atoms with Gasteiger partial charge >= 0.3 is 5.97 Å². The van der Waals surface area contributed by atoms with Crippen LogP contribution >= 0.6 is 27.5 Å². The Morgan fingerprint density at radius 3 is 2.60 bits per heavy atom. The van der Waals surface area contributed by atoms with Crippen molar-refractivity contribution in [3.05, 3.63) is 92.4 Å². The average Bonchev–Trinajstić information content (AvgIpc) is 3.12. The molecule has 0 unspecified atom stereocenters.